The van der Waals surface area contributed by atoms with Gasteiger partial charge in [-0.25, -0.2) is 13.2 Å². The van der Waals surface area contributed by atoms with Gasteiger partial charge in [0.05, 0.1) is 11.4 Å². The van der Waals surface area contributed by atoms with Gasteiger partial charge >= 0.3 is 5.97 Å². The smallest absolute Gasteiger partial charge is 0.327 e. The lowest BCUT2D eigenvalue weighted by molar-refractivity contribution is -0.138. The zero-order chi connectivity index (χ0) is 13.6. The Balaban J connectivity index is 2.02. The Morgan fingerprint density at radius 2 is 2.00 bits per heavy atom. The SMILES string of the molecule is O=C(O)C1Cc2ccccc2N1S(=O)(=O)CC1CC1. The second kappa shape index (κ2) is 4.23. The summed E-state index contributed by atoms with van der Waals surface area (Å²) in [4.78, 5) is 11.3. The monoisotopic (exact) mass is 281 g/mol. The molecule has 0 bridgehead atoms. The molecule has 1 aliphatic heterocycles. The maximum absolute atomic E-state index is 12.4. The Labute approximate surface area is 111 Å². The summed E-state index contributed by atoms with van der Waals surface area (Å²) in [6.07, 6.45) is 2.09. The van der Waals surface area contributed by atoms with Gasteiger partial charge in [-0.1, -0.05) is 18.2 Å². The third kappa shape index (κ3) is 2.20. The Kier molecular flexibility index (Phi) is 2.78. The van der Waals surface area contributed by atoms with Crippen LogP contribution < -0.4 is 4.31 Å². The fourth-order valence-electron chi connectivity index (χ4n) is 2.55. The molecule has 1 heterocycles. The average molecular weight is 281 g/mol. The summed E-state index contributed by atoms with van der Waals surface area (Å²) in [6.45, 7) is 0. The highest BCUT2D eigenvalue weighted by Crippen LogP contribution is 2.38. The quantitative estimate of drug-likeness (QED) is 0.901. The second-order valence-electron chi connectivity index (χ2n) is 5.20. The number of carboxylic acid groups (broad SMARTS) is 1. The molecule has 0 spiro atoms. The van der Waals surface area contributed by atoms with Crippen molar-refractivity contribution in [2.75, 3.05) is 10.1 Å². The molecule has 1 N–H and O–H groups in total. The lowest BCUT2D eigenvalue weighted by atomic mass is 10.1. The molecule has 0 aromatic heterocycles. The largest absolute Gasteiger partial charge is 0.480 e. The van der Waals surface area contributed by atoms with Gasteiger partial charge in [0, 0.05) is 6.42 Å². The van der Waals surface area contributed by atoms with Gasteiger partial charge in [0.2, 0.25) is 10.0 Å². The molecule has 1 saturated carbocycles. The maximum atomic E-state index is 12.4. The molecule has 1 aromatic carbocycles. The Morgan fingerprint density at radius 3 is 2.63 bits per heavy atom. The molecule has 0 saturated heterocycles. The highest BCUT2D eigenvalue weighted by Gasteiger charge is 2.43. The molecule has 5 nitrogen and oxygen atoms in total. The predicted octanol–water partition coefficient (Wildman–Crippen LogP) is 1.24. The first-order valence-electron chi connectivity index (χ1n) is 6.32. The van der Waals surface area contributed by atoms with Crippen molar-refractivity contribution in [2.24, 2.45) is 5.92 Å². The van der Waals surface area contributed by atoms with E-state index >= 15 is 0 Å². The van der Waals surface area contributed by atoms with Crippen LogP contribution in [0.4, 0.5) is 5.69 Å². The van der Waals surface area contributed by atoms with E-state index in [4.69, 9.17) is 0 Å². The zero-order valence-electron chi connectivity index (χ0n) is 10.3. The van der Waals surface area contributed by atoms with Crippen molar-refractivity contribution < 1.29 is 18.3 Å². The van der Waals surface area contributed by atoms with E-state index in [1.807, 2.05) is 0 Å². The number of hydrogen-bond acceptors (Lipinski definition) is 3. The van der Waals surface area contributed by atoms with E-state index in [9.17, 15) is 18.3 Å². The van der Waals surface area contributed by atoms with Crippen LogP contribution in [0, 0.1) is 5.92 Å². The van der Waals surface area contributed by atoms with Crippen molar-refractivity contribution in [2.45, 2.75) is 25.3 Å². The van der Waals surface area contributed by atoms with Gasteiger partial charge < -0.3 is 5.11 Å². The fourth-order valence-corrected chi connectivity index (χ4v) is 4.67. The van der Waals surface area contributed by atoms with E-state index in [0.29, 0.717) is 5.69 Å². The lowest BCUT2D eigenvalue weighted by Gasteiger charge is -2.24. The van der Waals surface area contributed by atoms with Crippen LogP contribution in [0.2, 0.25) is 0 Å². The van der Waals surface area contributed by atoms with Crippen LogP contribution in [0.25, 0.3) is 0 Å². The highest BCUT2D eigenvalue weighted by molar-refractivity contribution is 7.92. The molecule has 3 rings (SSSR count). The van der Waals surface area contributed by atoms with E-state index in [1.54, 1.807) is 24.3 Å². The van der Waals surface area contributed by atoms with Gasteiger partial charge in [-0.2, -0.15) is 0 Å². The predicted molar refractivity (Wildman–Crippen MR) is 70.6 cm³/mol. The molecular weight excluding hydrogens is 266 g/mol. The summed E-state index contributed by atoms with van der Waals surface area (Å²) < 4.78 is 26.0. The Morgan fingerprint density at radius 1 is 1.32 bits per heavy atom. The van der Waals surface area contributed by atoms with E-state index in [2.05, 4.69) is 0 Å². The van der Waals surface area contributed by atoms with Gasteiger partial charge in [-0.05, 0) is 30.4 Å². The summed E-state index contributed by atoms with van der Waals surface area (Å²) in [5, 5.41) is 9.26. The van der Waals surface area contributed by atoms with Crippen LogP contribution in [0.15, 0.2) is 24.3 Å². The van der Waals surface area contributed by atoms with Gasteiger partial charge in [-0.3, -0.25) is 4.31 Å². The third-order valence-electron chi connectivity index (χ3n) is 3.65. The van der Waals surface area contributed by atoms with Crippen LogP contribution >= 0.6 is 0 Å². The van der Waals surface area contributed by atoms with Gasteiger partial charge in [0.25, 0.3) is 0 Å². The minimum Gasteiger partial charge on any atom is -0.480 e. The molecule has 19 heavy (non-hydrogen) atoms. The first-order valence-corrected chi connectivity index (χ1v) is 7.93. The summed E-state index contributed by atoms with van der Waals surface area (Å²) in [7, 11) is -3.55. The minimum absolute atomic E-state index is 0.0606. The first kappa shape index (κ1) is 12.5. The number of sulfonamides is 1. The minimum atomic E-state index is -3.55. The molecule has 0 amide bonds. The maximum Gasteiger partial charge on any atom is 0.327 e. The van der Waals surface area contributed by atoms with E-state index in [0.717, 1.165) is 22.7 Å². The number of rotatable bonds is 4. The van der Waals surface area contributed by atoms with Crippen LogP contribution in [0.1, 0.15) is 18.4 Å². The van der Waals surface area contributed by atoms with Crippen LogP contribution in [0.3, 0.4) is 0 Å². The molecule has 1 atom stereocenters. The molecule has 0 radical (unpaired) electrons. The van der Waals surface area contributed by atoms with Gasteiger partial charge in [-0.15, -0.1) is 0 Å². The first-order chi connectivity index (χ1) is 8.99. The third-order valence-corrected chi connectivity index (χ3v) is 5.60. The fraction of sp³-hybridized carbons (Fsp3) is 0.462. The van der Waals surface area contributed by atoms with Crippen molar-refractivity contribution in [3.8, 4) is 0 Å². The van der Waals surface area contributed by atoms with E-state index in [-0.39, 0.29) is 18.1 Å². The van der Waals surface area contributed by atoms with Gasteiger partial charge in [0.15, 0.2) is 0 Å². The summed E-state index contributed by atoms with van der Waals surface area (Å²) in [5.74, 6) is -0.826. The van der Waals surface area contributed by atoms with Gasteiger partial charge in [0.1, 0.15) is 6.04 Å². The molecule has 1 unspecified atom stereocenters. The number of para-hydroxylation sites is 1. The number of anilines is 1. The molecule has 6 heteroatoms. The highest BCUT2D eigenvalue weighted by atomic mass is 32.2. The van der Waals surface area contributed by atoms with Crippen molar-refractivity contribution in [1.82, 2.24) is 0 Å². The van der Waals surface area contributed by atoms with Crippen molar-refractivity contribution >= 4 is 21.7 Å². The molecule has 1 aliphatic carbocycles. The van der Waals surface area contributed by atoms with Crippen LogP contribution in [-0.2, 0) is 21.2 Å². The Bertz CT molecular complexity index is 621. The number of nitrogens with zero attached hydrogens (tertiary/aromatic N) is 1. The zero-order valence-corrected chi connectivity index (χ0v) is 11.1. The summed E-state index contributed by atoms with van der Waals surface area (Å²) >= 11 is 0. The average Bonchev–Trinajstić information content (AvgIpc) is 3.04. The summed E-state index contributed by atoms with van der Waals surface area (Å²) in [5.41, 5.74) is 1.31. The van der Waals surface area contributed by atoms with Crippen molar-refractivity contribution in [3.05, 3.63) is 29.8 Å². The van der Waals surface area contributed by atoms with Crippen molar-refractivity contribution in [1.29, 1.82) is 0 Å². The number of carbonyl (C=O) groups is 1. The van der Waals surface area contributed by atoms with Crippen LogP contribution in [0.5, 0.6) is 0 Å². The standard InChI is InChI=1S/C13H15NO4S/c15-13(16)12-7-10-3-1-2-4-11(10)14(12)19(17,18)8-9-5-6-9/h1-4,9,12H,5-8H2,(H,15,16). The van der Waals surface area contributed by atoms with E-state index < -0.39 is 22.0 Å². The summed E-state index contributed by atoms with van der Waals surface area (Å²) in [6, 6.07) is 6.01. The number of benzene rings is 1. The normalized spacial score (nSPS) is 22.3. The molecule has 1 fully saturated rings. The van der Waals surface area contributed by atoms with Crippen LogP contribution in [-0.4, -0.2) is 31.3 Å². The molecule has 2 aliphatic rings. The number of aliphatic carboxylic acids is 1. The number of fused-ring (bicyclic) bond motifs is 1. The molecular formula is C13H15NO4S. The lowest BCUT2D eigenvalue weighted by Crippen LogP contribution is -2.44. The number of carboxylic acids is 1. The molecule has 1 aromatic rings. The number of hydrogen-bond donors (Lipinski definition) is 1. The Hall–Kier alpha value is -1.56. The molecule has 102 valence electrons. The topological polar surface area (TPSA) is 74.7 Å². The second-order valence-corrected chi connectivity index (χ2v) is 7.10. The van der Waals surface area contributed by atoms with Crippen molar-refractivity contribution in [3.63, 3.8) is 0 Å². The van der Waals surface area contributed by atoms with E-state index in [1.165, 1.54) is 0 Å².